The van der Waals surface area contributed by atoms with Gasteiger partial charge in [0.05, 0.1) is 0 Å². The van der Waals surface area contributed by atoms with Crippen molar-refractivity contribution in [3.63, 3.8) is 0 Å². The number of fused-ring (bicyclic) bond motifs is 2. The molecule has 5 nitrogen and oxygen atoms in total. The molecule has 0 aliphatic heterocycles. The smallest absolute Gasteiger partial charge is 0.229 e. The molecule has 27 heavy (non-hydrogen) atoms. The van der Waals surface area contributed by atoms with E-state index in [2.05, 4.69) is 10.6 Å². The lowest BCUT2D eigenvalue weighted by Gasteiger charge is -2.43. The summed E-state index contributed by atoms with van der Waals surface area (Å²) in [5.41, 5.74) is 8.33. The van der Waals surface area contributed by atoms with Crippen molar-refractivity contribution in [2.45, 2.75) is 65.8 Å². The normalized spacial score (nSPS) is 27.7. The summed E-state index contributed by atoms with van der Waals surface area (Å²) in [5.74, 6) is 1.04. The summed E-state index contributed by atoms with van der Waals surface area (Å²) >= 11 is 0. The van der Waals surface area contributed by atoms with Crippen LogP contribution in [-0.2, 0) is 9.59 Å². The standard InChI is InChI=1S/C22H33N3O2/c1-13-8-9-17(12-18(13)25-21(27)22(2,3)4)24-20(26)16-10-14-6-5-7-15(11-16)19(14)23/h8-9,12,14-16,19H,5-7,10-11,23H2,1-4H3,(H,24,26)(H,25,27). The second-order valence-corrected chi connectivity index (χ2v) is 9.42. The van der Waals surface area contributed by atoms with Gasteiger partial charge in [-0.2, -0.15) is 0 Å². The first-order chi connectivity index (χ1) is 12.6. The van der Waals surface area contributed by atoms with Gasteiger partial charge in [-0.3, -0.25) is 9.59 Å². The van der Waals surface area contributed by atoms with Crippen molar-refractivity contribution in [1.29, 1.82) is 0 Å². The van der Waals surface area contributed by atoms with Crippen LogP contribution in [0.5, 0.6) is 0 Å². The van der Waals surface area contributed by atoms with Crippen LogP contribution in [-0.4, -0.2) is 17.9 Å². The first-order valence-electron chi connectivity index (χ1n) is 10.1. The van der Waals surface area contributed by atoms with Crippen LogP contribution in [0, 0.1) is 30.1 Å². The molecule has 148 valence electrons. The summed E-state index contributed by atoms with van der Waals surface area (Å²) in [6, 6.07) is 5.95. The van der Waals surface area contributed by atoms with Gasteiger partial charge in [0.2, 0.25) is 11.8 Å². The van der Waals surface area contributed by atoms with E-state index in [-0.39, 0.29) is 23.8 Å². The van der Waals surface area contributed by atoms with Gasteiger partial charge in [-0.25, -0.2) is 0 Å². The molecule has 0 spiro atoms. The number of nitrogens with one attached hydrogen (secondary N) is 2. The van der Waals surface area contributed by atoms with Gasteiger partial charge < -0.3 is 16.4 Å². The average molecular weight is 372 g/mol. The molecule has 2 atom stereocenters. The molecule has 2 bridgehead atoms. The third-order valence-corrected chi connectivity index (χ3v) is 6.22. The van der Waals surface area contributed by atoms with Gasteiger partial charge >= 0.3 is 0 Å². The number of amides is 2. The molecule has 2 aliphatic carbocycles. The Hall–Kier alpha value is -1.88. The van der Waals surface area contributed by atoms with E-state index >= 15 is 0 Å². The molecule has 2 unspecified atom stereocenters. The van der Waals surface area contributed by atoms with E-state index < -0.39 is 5.41 Å². The molecule has 1 aromatic rings. The molecule has 0 aromatic heterocycles. The second kappa shape index (κ2) is 7.63. The predicted octanol–water partition coefficient (Wildman–Crippen LogP) is 4.07. The Labute approximate surface area is 162 Å². The summed E-state index contributed by atoms with van der Waals surface area (Å²) in [4.78, 5) is 25.1. The first kappa shape index (κ1) is 19.9. The van der Waals surface area contributed by atoms with E-state index in [1.807, 2.05) is 45.9 Å². The van der Waals surface area contributed by atoms with Gasteiger partial charge in [0.25, 0.3) is 0 Å². The van der Waals surface area contributed by atoms with E-state index in [1.54, 1.807) is 0 Å². The van der Waals surface area contributed by atoms with Gasteiger partial charge in [0.1, 0.15) is 0 Å². The Bertz CT molecular complexity index is 709. The second-order valence-electron chi connectivity index (χ2n) is 9.42. The van der Waals surface area contributed by atoms with Crippen LogP contribution in [0.1, 0.15) is 58.4 Å². The highest BCUT2D eigenvalue weighted by Crippen LogP contribution is 2.42. The fraction of sp³-hybridized carbons (Fsp3) is 0.636. The van der Waals surface area contributed by atoms with E-state index in [0.29, 0.717) is 11.8 Å². The molecule has 2 aliphatic rings. The molecule has 3 rings (SSSR count). The van der Waals surface area contributed by atoms with E-state index in [4.69, 9.17) is 5.73 Å². The summed E-state index contributed by atoms with van der Waals surface area (Å²) in [6.07, 6.45) is 5.32. The van der Waals surface area contributed by atoms with Crippen LogP contribution in [0.3, 0.4) is 0 Å². The van der Waals surface area contributed by atoms with Crippen molar-refractivity contribution in [3.8, 4) is 0 Å². The largest absolute Gasteiger partial charge is 0.327 e. The highest BCUT2D eigenvalue weighted by atomic mass is 16.2. The number of carbonyl (C=O) groups excluding carboxylic acids is 2. The zero-order chi connectivity index (χ0) is 19.8. The quantitative estimate of drug-likeness (QED) is 0.749. The molecule has 5 heteroatoms. The molecule has 2 saturated carbocycles. The van der Waals surface area contributed by atoms with Gasteiger partial charge in [-0.05, 0) is 62.1 Å². The lowest BCUT2D eigenvalue weighted by Crippen LogP contribution is -2.48. The van der Waals surface area contributed by atoms with Crippen LogP contribution in [0.25, 0.3) is 0 Å². The van der Waals surface area contributed by atoms with Crippen LogP contribution < -0.4 is 16.4 Å². The fourth-order valence-electron chi connectivity index (χ4n) is 4.39. The van der Waals surface area contributed by atoms with Crippen LogP contribution in [0.15, 0.2) is 18.2 Å². The molecule has 4 N–H and O–H groups in total. The zero-order valence-electron chi connectivity index (χ0n) is 17.0. The van der Waals surface area contributed by atoms with Crippen LogP contribution in [0.4, 0.5) is 11.4 Å². The molecule has 1 aromatic carbocycles. The Balaban J connectivity index is 1.68. The number of hydrogen-bond acceptors (Lipinski definition) is 3. The van der Waals surface area contributed by atoms with Crippen molar-refractivity contribution < 1.29 is 9.59 Å². The lowest BCUT2D eigenvalue weighted by molar-refractivity contribution is -0.123. The first-order valence-corrected chi connectivity index (χ1v) is 10.1. The maximum atomic E-state index is 12.8. The number of rotatable bonds is 3. The van der Waals surface area contributed by atoms with Crippen molar-refractivity contribution >= 4 is 23.2 Å². The molecule has 0 saturated heterocycles. The van der Waals surface area contributed by atoms with Crippen LogP contribution >= 0.6 is 0 Å². The minimum Gasteiger partial charge on any atom is -0.327 e. The highest BCUT2D eigenvalue weighted by molar-refractivity contribution is 5.97. The number of anilines is 2. The van der Waals surface area contributed by atoms with E-state index in [9.17, 15) is 9.59 Å². The van der Waals surface area contributed by atoms with E-state index in [0.717, 1.165) is 42.6 Å². The number of nitrogens with two attached hydrogens (primary N) is 1. The van der Waals surface area contributed by atoms with Crippen LogP contribution in [0.2, 0.25) is 0 Å². The molecule has 2 fully saturated rings. The number of benzene rings is 1. The molecule has 0 radical (unpaired) electrons. The van der Waals surface area contributed by atoms with Gasteiger partial charge in [-0.15, -0.1) is 0 Å². The zero-order valence-corrected chi connectivity index (χ0v) is 17.0. The number of aryl methyl sites for hydroxylation is 1. The van der Waals surface area contributed by atoms with Crippen molar-refractivity contribution in [2.24, 2.45) is 28.9 Å². The summed E-state index contributed by atoms with van der Waals surface area (Å²) in [5, 5.41) is 6.04. The summed E-state index contributed by atoms with van der Waals surface area (Å²) in [6.45, 7) is 7.60. The van der Waals surface area contributed by atoms with Gasteiger partial charge in [0.15, 0.2) is 0 Å². The Morgan fingerprint density at radius 3 is 2.30 bits per heavy atom. The summed E-state index contributed by atoms with van der Waals surface area (Å²) < 4.78 is 0. The van der Waals surface area contributed by atoms with Crippen molar-refractivity contribution in [3.05, 3.63) is 23.8 Å². The highest BCUT2D eigenvalue weighted by Gasteiger charge is 2.40. The molecule has 2 amide bonds. The third kappa shape index (κ3) is 4.52. The molecular formula is C22H33N3O2. The maximum Gasteiger partial charge on any atom is 0.229 e. The molecular weight excluding hydrogens is 338 g/mol. The number of hydrogen-bond donors (Lipinski definition) is 3. The minimum atomic E-state index is -0.468. The Morgan fingerprint density at radius 2 is 1.70 bits per heavy atom. The van der Waals surface area contributed by atoms with E-state index in [1.165, 1.54) is 6.42 Å². The fourth-order valence-corrected chi connectivity index (χ4v) is 4.39. The number of carbonyl (C=O) groups is 2. The lowest BCUT2D eigenvalue weighted by atomic mass is 9.65. The minimum absolute atomic E-state index is 0.0361. The Morgan fingerprint density at radius 1 is 1.07 bits per heavy atom. The van der Waals surface area contributed by atoms with Crippen molar-refractivity contribution in [2.75, 3.05) is 10.6 Å². The SMILES string of the molecule is Cc1ccc(NC(=O)C2CC3CCCC(C2)C3N)cc1NC(=O)C(C)(C)C. The Kier molecular flexibility index (Phi) is 5.61. The third-order valence-electron chi connectivity index (χ3n) is 6.22. The monoisotopic (exact) mass is 371 g/mol. The average Bonchev–Trinajstić information content (AvgIpc) is 2.56. The summed E-state index contributed by atoms with van der Waals surface area (Å²) in [7, 11) is 0. The van der Waals surface area contributed by atoms with Crippen molar-refractivity contribution in [1.82, 2.24) is 0 Å². The maximum absolute atomic E-state index is 12.8. The predicted molar refractivity (Wildman–Crippen MR) is 109 cm³/mol. The molecule has 0 heterocycles. The topological polar surface area (TPSA) is 84.2 Å². The van der Waals surface area contributed by atoms with Gasteiger partial charge in [-0.1, -0.05) is 33.3 Å². The van der Waals surface area contributed by atoms with Gasteiger partial charge in [0, 0.05) is 28.7 Å².